The van der Waals surface area contributed by atoms with Crippen LogP contribution in [0.3, 0.4) is 0 Å². The predicted molar refractivity (Wildman–Crippen MR) is 109 cm³/mol. The average molecular weight is 385 g/mol. The van der Waals surface area contributed by atoms with Gasteiger partial charge in [-0.05, 0) is 19.3 Å². The van der Waals surface area contributed by atoms with E-state index in [1.165, 1.54) is 0 Å². The minimum absolute atomic E-state index is 0.0840. The third-order valence-corrected chi connectivity index (χ3v) is 7.16. The molecule has 1 aliphatic carbocycles. The fraction of sp³-hybridized carbons (Fsp3) is 0.778. The Morgan fingerprint density at radius 2 is 2.20 bits per heavy atom. The summed E-state index contributed by atoms with van der Waals surface area (Å²) in [5, 5.41) is 10.4. The summed E-state index contributed by atoms with van der Waals surface area (Å²) in [6.07, 6.45) is 4.29. The van der Waals surface area contributed by atoms with Crippen molar-refractivity contribution < 1.29 is 4.21 Å². The van der Waals surface area contributed by atoms with Gasteiger partial charge in [-0.25, -0.2) is 4.98 Å². The van der Waals surface area contributed by atoms with Crippen molar-refractivity contribution in [2.75, 3.05) is 12.8 Å². The van der Waals surface area contributed by atoms with Crippen molar-refractivity contribution in [3.8, 4) is 0 Å². The Morgan fingerprint density at radius 3 is 2.80 bits per heavy atom. The smallest absolute Gasteiger partial charge is 0.191 e. The lowest BCUT2D eigenvalue weighted by Crippen LogP contribution is -2.46. The Morgan fingerprint density at radius 1 is 1.44 bits per heavy atom. The highest BCUT2D eigenvalue weighted by Gasteiger charge is 2.26. The van der Waals surface area contributed by atoms with Crippen LogP contribution in [0.25, 0.3) is 0 Å². The maximum atomic E-state index is 12.1. The second-order valence-corrected chi connectivity index (χ2v) is 10.5. The second kappa shape index (κ2) is 9.12. The van der Waals surface area contributed by atoms with Crippen molar-refractivity contribution in [2.45, 2.75) is 76.6 Å². The van der Waals surface area contributed by atoms with Gasteiger partial charge in [-0.3, -0.25) is 9.20 Å². The summed E-state index contributed by atoms with van der Waals surface area (Å²) in [5.41, 5.74) is 1.22. The Hall–Kier alpha value is -0.950. The maximum absolute atomic E-state index is 12.1. The molecule has 25 heavy (non-hydrogen) atoms. The molecule has 1 fully saturated rings. The topological polar surface area (TPSA) is 66.4 Å². The molecule has 5 nitrogen and oxygen atoms in total. The molecule has 0 aliphatic heterocycles. The summed E-state index contributed by atoms with van der Waals surface area (Å²) in [6.45, 7) is 9.23. The molecule has 0 aromatic carbocycles. The number of nitrogens with one attached hydrogen (secondary N) is 2. The molecule has 1 saturated carbocycles. The van der Waals surface area contributed by atoms with Gasteiger partial charge in [0.25, 0.3) is 0 Å². The minimum atomic E-state index is -0.699. The van der Waals surface area contributed by atoms with Crippen LogP contribution in [0.15, 0.2) is 10.4 Å². The quantitative estimate of drug-likeness (QED) is 0.604. The zero-order chi connectivity index (χ0) is 18.4. The third kappa shape index (κ3) is 6.06. The summed E-state index contributed by atoms with van der Waals surface area (Å²) < 4.78 is 12.1. The summed E-state index contributed by atoms with van der Waals surface area (Å²) in [6, 6.07) is 0.349. The second-order valence-electron chi connectivity index (χ2n) is 7.60. The van der Waals surface area contributed by atoms with Gasteiger partial charge < -0.3 is 10.6 Å². The lowest BCUT2D eigenvalue weighted by molar-refractivity contribution is 0.413. The molecule has 0 spiro atoms. The van der Waals surface area contributed by atoms with Crippen LogP contribution in [0.1, 0.15) is 64.1 Å². The van der Waals surface area contributed by atoms with Gasteiger partial charge >= 0.3 is 0 Å². The van der Waals surface area contributed by atoms with Crippen LogP contribution in [-0.2, 0) is 22.8 Å². The van der Waals surface area contributed by atoms with Gasteiger partial charge in [0.15, 0.2) is 5.96 Å². The van der Waals surface area contributed by atoms with Gasteiger partial charge in [0.2, 0.25) is 0 Å². The molecular weight excluding hydrogens is 352 g/mol. The van der Waals surface area contributed by atoms with Gasteiger partial charge in [0.1, 0.15) is 5.01 Å². The van der Waals surface area contributed by atoms with E-state index in [-0.39, 0.29) is 5.41 Å². The highest BCUT2D eigenvalue weighted by Crippen LogP contribution is 2.24. The molecule has 142 valence electrons. The highest BCUT2D eigenvalue weighted by molar-refractivity contribution is 7.85. The van der Waals surface area contributed by atoms with Crippen LogP contribution < -0.4 is 10.6 Å². The molecule has 1 aromatic rings. The summed E-state index contributed by atoms with van der Waals surface area (Å²) >= 11 is 1.69. The number of rotatable bonds is 5. The first kappa shape index (κ1) is 20.4. The van der Waals surface area contributed by atoms with Crippen LogP contribution >= 0.6 is 11.3 Å². The van der Waals surface area contributed by atoms with Crippen LogP contribution in [0.4, 0.5) is 0 Å². The first-order chi connectivity index (χ1) is 11.8. The van der Waals surface area contributed by atoms with Crippen molar-refractivity contribution in [3.63, 3.8) is 0 Å². The van der Waals surface area contributed by atoms with Crippen LogP contribution in [0.2, 0.25) is 0 Å². The fourth-order valence-corrected chi connectivity index (χ4v) is 5.34. The fourth-order valence-electron chi connectivity index (χ4n) is 3.03. The molecule has 1 heterocycles. The molecule has 3 unspecified atom stereocenters. The first-order valence-corrected chi connectivity index (χ1v) is 11.4. The lowest BCUT2D eigenvalue weighted by atomic mass is 9.93. The number of guanidine groups is 1. The molecule has 0 bridgehead atoms. The Balaban J connectivity index is 1.86. The number of hydrogen-bond acceptors (Lipinski definition) is 4. The van der Waals surface area contributed by atoms with Gasteiger partial charge in [-0.2, -0.15) is 0 Å². The molecule has 0 amide bonds. The number of hydrogen-bond donors (Lipinski definition) is 2. The summed E-state index contributed by atoms with van der Waals surface area (Å²) in [7, 11) is 1.10. The molecular formula is C18H32N4OS2. The van der Waals surface area contributed by atoms with E-state index in [9.17, 15) is 4.21 Å². The van der Waals surface area contributed by atoms with Gasteiger partial charge in [0, 0.05) is 45.7 Å². The first-order valence-electron chi connectivity index (χ1n) is 9.12. The van der Waals surface area contributed by atoms with Crippen molar-refractivity contribution in [2.24, 2.45) is 4.99 Å². The number of aliphatic imine (C=N–C) groups is 1. The molecule has 2 rings (SSSR count). The van der Waals surface area contributed by atoms with E-state index in [1.807, 2.05) is 6.92 Å². The normalized spacial score (nSPS) is 23.3. The van der Waals surface area contributed by atoms with E-state index in [2.05, 4.69) is 41.8 Å². The summed E-state index contributed by atoms with van der Waals surface area (Å²) in [4.78, 5) is 9.05. The molecule has 7 heteroatoms. The van der Waals surface area contributed by atoms with Crippen LogP contribution in [0, 0.1) is 0 Å². The van der Waals surface area contributed by atoms with E-state index >= 15 is 0 Å². The van der Waals surface area contributed by atoms with E-state index in [4.69, 9.17) is 4.98 Å². The van der Waals surface area contributed by atoms with Gasteiger partial charge in [-0.15, -0.1) is 11.3 Å². The molecule has 1 aliphatic rings. The molecule has 1 aromatic heterocycles. The van der Waals surface area contributed by atoms with Gasteiger partial charge in [-0.1, -0.05) is 34.1 Å². The van der Waals surface area contributed by atoms with Crippen molar-refractivity contribution >= 4 is 28.1 Å². The van der Waals surface area contributed by atoms with E-state index in [0.717, 1.165) is 48.1 Å². The third-order valence-electron chi connectivity index (χ3n) is 4.57. The van der Waals surface area contributed by atoms with Crippen LogP contribution in [-0.4, -0.2) is 39.2 Å². The van der Waals surface area contributed by atoms with Crippen molar-refractivity contribution in [1.29, 1.82) is 0 Å². The lowest BCUT2D eigenvalue weighted by Gasteiger charge is -2.30. The molecule has 0 saturated heterocycles. The predicted octanol–water partition coefficient (Wildman–Crippen LogP) is 3.19. The maximum Gasteiger partial charge on any atom is 0.191 e. The largest absolute Gasteiger partial charge is 0.354 e. The Kier molecular flexibility index (Phi) is 7.43. The highest BCUT2D eigenvalue weighted by atomic mass is 32.2. The Labute approximate surface area is 158 Å². The molecule has 2 N–H and O–H groups in total. The van der Waals surface area contributed by atoms with Crippen molar-refractivity contribution in [3.05, 3.63) is 16.1 Å². The van der Waals surface area contributed by atoms with E-state index in [1.54, 1.807) is 18.4 Å². The molecule has 0 radical (unpaired) electrons. The number of thiazole rings is 1. The average Bonchev–Trinajstić information content (AvgIpc) is 3.07. The van der Waals surface area contributed by atoms with E-state index < -0.39 is 10.8 Å². The summed E-state index contributed by atoms with van der Waals surface area (Å²) in [5.74, 6) is 1.56. The number of nitrogens with zero attached hydrogens (tertiary/aromatic N) is 2. The standard InChI is InChI=1S/C18H32N4OS2/c1-6-25(23)14-9-7-8-13(10-14)21-17(19-5)20-11-16-22-15(12-24-16)18(2,3)4/h12-14H,6-11H2,1-5H3,(H2,19,20,21). The zero-order valence-electron chi connectivity index (χ0n) is 16.1. The van der Waals surface area contributed by atoms with Gasteiger partial charge in [0.05, 0.1) is 12.2 Å². The Bertz CT molecular complexity index is 606. The van der Waals surface area contributed by atoms with E-state index in [0.29, 0.717) is 17.8 Å². The molecule has 3 atom stereocenters. The van der Waals surface area contributed by atoms with Crippen molar-refractivity contribution in [1.82, 2.24) is 15.6 Å². The SMILES string of the molecule is CCS(=O)C1CCCC(NC(=NC)NCc2nc(C(C)(C)C)cs2)C1. The number of aromatic nitrogens is 1. The monoisotopic (exact) mass is 384 g/mol. The van der Waals surface area contributed by atoms with Crippen LogP contribution in [0.5, 0.6) is 0 Å². The zero-order valence-corrected chi connectivity index (χ0v) is 17.7. The minimum Gasteiger partial charge on any atom is -0.354 e.